The Morgan fingerprint density at radius 2 is 0.794 bits per heavy atom. The molecule has 0 aliphatic rings. The van der Waals surface area contributed by atoms with Gasteiger partial charge in [0, 0.05) is 90.9 Å². The van der Waals surface area contributed by atoms with Gasteiger partial charge in [-0.2, -0.15) is 0 Å². The highest BCUT2D eigenvalue weighted by Crippen LogP contribution is 2.42. The lowest BCUT2D eigenvalue weighted by atomic mass is 9.89. The number of pyridine rings is 6. The fraction of sp³-hybridized carbons (Fsp3) is 0.0169. The molecule has 0 saturated heterocycles. The van der Waals surface area contributed by atoms with E-state index in [0.29, 0.717) is 0 Å². The van der Waals surface area contributed by atoms with E-state index in [9.17, 15) is 0 Å². The van der Waals surface area contributed by atoms with Crippen LogP contribution in [0.5, 0.6) is 0 Å². The van der Waals surface area contributed by atoms with Gasteiger partial charge in [0.05, 0.1) is 67.6 Å². The Bertz CT molecular complexity index is 7730. The van der Waals surface area contributed by atoms with E-state index in [1.165, 1.54) is 54.9 Å². The number of nitrogens with zero attached hydrogens (tertiary/aromatic N) is 8. The molecule has 0 atom stereocenters. The lowest BCUT2D eigenvalue weighted by Crippen LogP contribution is -1.96. The van der Waals surface area contributed by atoms with E-state index in [1.54, 1.807) is 18.4 Å². The van der Waals surface area contributed by atoms with Crippen LogP contribution < -0.4 is 0 Å². The first-order chi connectivity index (χ1) is 62.2. The minimum Gasteiger partial charge on any atom is -0.256 e. The number of para-hydroxylation sites is 3. The average Bonchev–Trinajstić information content (AvgIpc) is 0.756. The van der Waals surface area contributed by atoms with Crippen LogP contribution in [0.15, 0.2) is 466 Å². The number of hydrogen-bond donors (Lipinski definition) is 0. The first-order valence-electron chi connectivity index (χ1n) is 42.3. The predicted octanol–water partition coefficient (Wildman–Crippen LogP) is 31.2. The highest BCUT2D eigenvalue weighted by molar-refractivity contribution is 6.15. The van der Waals surface area contributed by atoms with Crippen molar-refractivity contribution in [3.8, 4) is 101 Å². The average molecular weight is 1610 g/mol. The van der Waals surface area contributed by atoms with Crippen molar-refractivity contribution in [2.24, 2.45) is 9.98 Å². The third-order valence-corrected chi connectivity index (χ3v) is 23.0. The second-order valence-electron chi connectivity index (χ2n) is 31.1. The van der Waals surface area contributed by atoms with Crippen LogP contribution in [0.3, 0.4) is 0 Å². The molecule has 15 aromatic carbocycles. The quantitative estimate of drug-likeness (QED) is 0.0511. The standard InChI is InChI=1S/C48H32N2.C36H28N2.C34H24N4/c1-4-14-33(15-5-1)37-24-25-46(49-32-37)41-27-38(26-40(28-41)45-29-36-20-10-11-21-42(36)43-22-12-13-23-44(43)45)39-30-47(34-16-6-2-7-17-34)50-48(31-39)35-18-8-3-9-19-35;1-25(31-17-9-15-29-16-10-22-37-36(29)31)18-19-26(2)33-24-34(28-13-7-4-8-14-28)38-35-23-30(20-21-32(33)35)27-11-5-3-6-12-27;1-3-19-35-31-9-5-6-10-32(31)37-29(4-2)26-15-11-23-12-16-27(22-28(23)21-26)30-18-17-25-14-13-24-8-7-20-36-33(24)34(25)38-30/h1-32H;3-24H,1-2H3;3-22H,1-2H2/b;25-18+,26-19+;. The molecule has 0 aliphatic carbocycles. The monoisotopic (exact) mass is 1610 g/mol. The van der Waals surface area contributed by atoms with Gasteiger partial charge in [0.25, 0.3) is 0 Å². The predicted molar refractivity (Wildman–Crippen MR) is 532 cm³/mol. The van der Waals surface area contributed by atoms with Crippen LogP contribution in [0.1, 0.15) is 30.5 Å². The van der Waals surface area contributed by atoms with Crippen molar-refractivity contribution in [1.29, 1.82) is 0 Å². The topological polar surface area (TPSA) is 102 Å². The summed E-state index contributed by atoms with van der Waals surface area (Å²) in [5.74, 6) is 0. The van der Waals surface area contributed by atoms with E-state index < -0.39 is 0 Å². The van der Waals surface area contributed by atoms with Crippen molar-refractivity contribution in [3.05, 3.63) is 473 Å². The molecular weight excluding hydrogens is 1530 g/mol. The van der Waals surface area contributed by atoms with Crippen LogP contribution in [0.2, 0.25) is 0 Å². The fourth-order valence-corrected chi connectivity index (χ4v) is 16.5. The van der Waals surface area contributed by atoms with E-state index in [2.05, 4.69) is 388 Å². The SMILES string of the molecule is C/C(=C\C=C(/C)c1cccc2cccnc12)c1cc(-c2ccccc2)nc2cc(-c3ccccc3)ccc12.C=CC=Nc1ccccc1N=C(C=C)c1ccc2ccc(-c3ccc4ccc5cccnc5c4n3)cc2c1.c1ccc(-c2ccc(-c3cc(-c4cc(-c5ccccc5)nc(-c5ccccc5)c4)cc(-c4cc5ccccc5c5ccccc45)c3)nc2)cc1. The third-order valence-electron chi connectivity index (χ3n) is 23.0. The van der Waals surface area contributed by atoms with E-state index >= 15 is 0 Å². The molecule has 0 spiro atoms. The first-order valence-corrected chi connectivity index (χ1v) is 42.3. The van der Waals surface area contributed by atoms with Gasteiger partial charge in [-0.15, -0.1) is 0 Å². The molecule has 0 bridgehead atoms. The van der Waals surface area contributed by atoms with Gasteiger partial charge in [0.2, 0.25) is 0 Å². The molecule has 0 radical (unpaired) electrons. The van der Waals surface area contributed by atoms with Gasteiger partial charge in [0.15, 0.2) is 0 Å². The van der Waals surface area contributed by atoms with Crippen molar-refractivity contribution in [2.45, 2.75) is 13.8 Å². The molecule has 126 heavy (non-hydrogen) atoms. The van der Waals surface area contributed by atoms with Crippen molar-refractivity contribution in [1.82, 2.24) is 29.9 Å². The zero-order valence-electron chi connectivity index (χ0n) is 69.7. The number of benzene rings is 15. The zero-order valence-corrected chi connectivity index (χ0v) is 69.7. The Balaban J connectivity index is 0.000000125. The summed E-state index contributed by atoms with van der Waals surface area (Å²) in [5.41, 5.74) is 31.1. The number of rotatable bonds is 17. The van der Waals surface area contributed by atoms with E-state index in [0.717, 1.165) is 167 Å². The molecule has 0 N–H and O–H groups in total. The summed E-state index contributed by atoms with van der Waals surface area (Å²) in [5, 5.41) is 11.7. The zero-order chi connectivity index (χ0) is 85.1. The summed E-state index contributed by atoms with van der Waals surface area (Å²) < 4.78 is 0. The van der Waals surface area contributed by atoms with Crippen LogP contribution in [-0.2, 0) is 0 Å². The van der Waals surface area contributed by atoms with Gasteiger partial charge < -0.3 is 0 Å². The molecule has 0 saturated carbocycles. The third kappa shape index (κ3) is 17.1. The summed E-state index contributed by atoms with van der Waals surface area (Å²) >= 11 is 0. The van der Waals surface area contributed by atoms with Crippen molar-refractivity contribution in [3.63, 3.8) is 0 Å². The van der Waals surface area contributed by atoms with E-state index in [1.807, 2.05) is 85.3 Å². The molecule has 0 aliphatic heterocycles. The van der Waals surface area contributed by atoms with Crippen molar-refractivity contribution >= 4 is 110 Å². The molecule has 8 heteroatoms. The van der Waals surface area contributed by atoms with Gasteiger partial charge in [0.1, 0.15) is 0 Å². The fourth-order valence-electron chi connectivity index (χ4n) is 16.5. The molecular formula is C118H84N8. The lowest BCUT2D eigenvalue weighted by Gasteiger charge is -2.16. The molecule has 0 fully saturated rings. The molecule has 6 aromatic heterocycles. The van der Waals surface area contributed by atoms with Crippen molar-refractivity contribution in [2.75, 3.05) is 0 Å². The highest BCUT2D eigenvalue weighted by Gasteiger charge is 2.19. The van der Waals surface area contributed by atoms with Crippen molar-refractivity contribution < 1.29 is 0 Å². The molecule has 8 nitrogen and oxygen atoms in total. The maximum Gasteiger partial charge on any atom is 0.0972 e. The smallest absolute Gasteiger partial charge is 0.0972 e. The van der Waals surface area contributed by atoms with Gasteiger partial charge in [-0.1, -0.05) is 335 Å². The number of aliphatic imine (C=N–C) groups is 2. The molecule has 0 unspecified atom stereocenters. The summed E-state index contributed by atoms with van der Waals surface area (Å²) in [6, 6.07) is 140. The van der Waals surface area contributed by atoms with Crippen LogP contribution in [0, 0.1) is 0 Å². The number of aromatic nitrogens is 6. The Morgan fingerprint density at radius 1 is 0.278 bits per heavy atom. The van der Waals surface area contributed by atoms with Gasteiger partial charge in [-0.25, -0.2) is 19.9 Å². The molecule has 0 amide bonds. The normalized spacial score (nSPS) is 11.7. The lowest BCUT2D eigenvalue weighted by molar-refractivity contribution is 1.32. The van der Waals surface area contributed by atoms with Crippen LogP contribution in [-0.4, -0.2) is 41.8 Å². The van der Waals surface area contributed by atoms with Gasteiger partial charge >= 0.3 is 0 Å². The minimum absolute atomic E-state index is 0.774. The summed E-state index contributed by atoms with van der Waals surface area (Å²) in [4.78, 5) is 38.9. The number of allylic oxidation sites excluding steroid dienone is 6. The Kier molecular flexibility index (Phi) is 22.8. The van der Waals surface area contributed by atoms with E-state index in [4.69, 9.17) is 24.9 Å². The van der Waals surface area contributed by atoms with Crippen LogP contribution in [0.4, 0.5) is 11.4 Å². The second-order valence-corrected chi connectivity index (χ2v) is 31.1. The number of fused-ring (bicyclic) bond motifs is 9. The Morgan fingerprint density at radius 3 is 1.47 bits per heavy atom. The van der Waals surface area contributed by atoms with Gasteiger partial charge in [-0.05, 0) is 205 Å². The molecule has 596 valence electrons. The first kappa shape index (κ1) is 79.1. The molecule has 21 rings (SSSR count). The highest BCUT2D eigenvalue weighted by atomic mass is 14.8. The summed E-state index contributed by atoms with van der Waals surface area (Å²) in [6.45, 7) is 12.1. The molecule has 6 heterocycles. The number of hydrogen-bond acceptors (Lipinski definition) is 8. The Labute approximate surface area is 733 Å². The van der Waals surface area contributed by atoms with E-state index in [-0.39, 0.29) is 0 Å². The summed E-state index contributed by atoms with van der Waals surface area (Å²) in [6.07, 6.45) is 15.2. The second kappa shape index (κ2) is 36.3. The molecule has 21 aromatic rings. The van der Waals surface area contributed by atoms with Gasteiger partial charge in [-0.3, -0.25) is 19.9 Å². The minimum atomic E-state index is 0.774. The van der Waals surface area contributed by atoms with Crippen LogP contribution in [0.25, 0.3) is 188 Å². The largest absolute Gasteiger partial charge is 0.256 e. The van der Waals surface area contributed by atoms with Crippen LogP contribution >= 0.6 is 0 Å². The maximum absolute atomic E-state index is 5.16. The maximum atomic E-state index is 5.16. The Hall–Kier alpha value is -16.7. The summed E-state index contributed by atoms with van der Waals surface area (Å²) in [7, 11) is 0.